The first-order chi connectivity index (χ1) is 21.0. The second-order valence-electron chi connectivity index (χ2n) is 9.98. The molecule has 0 saturated carbocycles. The minimum atomic E-state index is -4.53. The molecule has 0 spiro atoms. The minimum Gasteiger partial charge on any atom is -0.495 e. The van der Waals surface area contributed by atoms with E-state index in [0.717, 1.165) is 29.3 Å². The lowest BCUT2D eigenvalue weighted by molar-refractivity contribution is 0.402. The fourth-order valence-corrected chi connectivity index (χ4v) is 7.03. The molecule has 0 unspecified atom stereocenters. The first-order valence-corrected chi connectivity index (χ1v) is 16.4. The third kappa shape index (κ3) is 7.24. The molecular weight excluding hydrogens is 607 g/mol. The molecule has 0 heterocycles. The Bertz CT molecular complexity index is 2010. The zero-order chi connectivity index (χ0) is 31.3. The molecule has 226 valence electrons. The monoisotopic (exact) mass is 634 g/mol. The summed E-state index contributed by atoms with van der Waals surface area (Å²) in [6.45, 7) is 0. The molecule has 0 atom stereocenters. The third-order valence-corrected chi connectivity index (χ3v) is 9.54. The van der Waals surface area contributed by atoms with E-state index in [0.29, 0.717) is 24.0 Å². The maximum atomic E-state index is 15.0. The molecule has 0 aliphatic heterocycles. The molecule has 0 radical (unpaired) electrons. The lowest BCUT2D eigenvalue weighted by atomic mass is 10.0. The highest BCUT2D eigenvalue weighted by atomic mass is 32.2. The summed E-state index contributed by atoms with van der Waals surface area (Å²) in [5.41, 5.74) is 2.56. The largest absolute Gasteiger partial charge is 0.495 e. The van der Waals surface area contributed by atoms with Crippen molar-refractivity contribution in [1.29, 1.82) is 0 Å². The number of halogens is 2. The average Bonchev–Trinajstić information content (AvgIpc) is 3.00. The zero-order valence-electron chi connectivity index (χ0n) is 23.5. The Hall–Kier alpha value is -4.74. The Balaban J connectivity index is 1.37. The fraction of sp³-hybridized carbons (Fsp3) is 0.0909. The summed E-state index contributed by atoms with van der Waals surface area (Å²) in [5.74, 6) is -1.78. The van der Waals surface area contributed by atoms with Crippen LogP contribution in [0.4, 0.5) is 20.2 Å². The predicted octanol–water partition coefficient (Wildman–Crippen LogP) is 6.76. The van der Waals surface area contributed by atoms with E-state index in [1.165, 1.54) is 31.4 Å². The van der Waals surface area contributed by atoms with E-state index >= 15 is 0 Å². The van der Waals surface area contributed by atoms with Crippen molar-refractivity contribution in [3.8, 4) is 5.75 Å². The van der Waals surface area contributed by atoms with Gasteiger partial charge in [-0.15, -0.1) is 0 Å². The maximum absolute atomic E-state index is 15.0. The Morgan fingerprint density at radius 1 is 0.568 bits per heavy atom. The van der Waals surface area contributed by atoms with Crippen molar-refractivity contribution in [3.05, 3.63) is 149 Å². The van der Waals surface area contributed by atoms with Crippen molar-refractivity contribution in [3.63, 3.8) is 0 Å². The van der Waals surface area contributed by atoms with E-state index in [4.69, 9.17) is 4.74 Å². The smallest absolute Gasteiger partial charge is 0.265 e. The van der Waals surface area contributed by atoms with Crippen LogP contribution in [-0.4, -0.2) is 23.9 Å². The number of rotatable bonds is 11. The van der Waals surface area contributed by atoms with Crippen LogP contribution < -0.4 is 14.2 Å². The molecule has 0 saturated heterocycles. The predicted molar refractivity (Wildman–Crippen MR) is 166 cm³/mol. The second kappa shape index (κ2) is 12.9. The van der Waals surface area contributed by atoms with Crippen LogP contribution in [0.2, 0.25) is 0 Å². The number of hydrogen-bond acceptors (Lipinski definition) is 5. The van der Waals surface area contributed by atoms with Gasteiger partial charge in [-0.2, -0.15) is 0 Å². The summed E-state index contributed by atoms with van der Waals surface area (Å²) in [4.78, 5) is -1.01. The van der Waals surface area contributed by atoms with Crippen LogP contribution in [0, 0.1) is 11.6 Å². The highest BCUT2D eigenvalue weighted by Gasteiger charge is 2.26. The topological polar surface area (TPSA) is 102 Å². The van der Waals surface area contributed by atoms with Crippen molar-refractivity contribution in [2.75, 3.05) is 16.6 Å². The van der Waals surface area contributed by atoms with Gasteiger partial charge >= 0.3 is 0 Å². The number of sulfonamides is 2. The van der Waals surface area contributed by atoms with Crippen LogP contribution in [0.25, 0.3) is 0 Å². The van der Waals surface area contributed by atoms with Gasteiger partial charge in [-0.05, 0) is 77.6 Å². The molecular formula is C33H28F2N2O5S2. The molecule has 44 heavy (non-hydrogen) atoms. The Morgan fingerprint density at radius 3 is 1.50 bits per heavy atom. The van der Waals surface area contributed by atoms with E-state index in [9.17, 15) is 25.6 Å². The minimum absolute atomic E-state index is 0.172. The quantitative estimate of drug-likeness (QED) is 0.167. The first kappa shape index (κ1) is 30.7. The number of nitrogens with one attached hydrogen (secondary N) is 2. The Morgan fingerprint density at radius 2 is 1.05 bits per heavy atom. The molecule has 5 aromatic rings. The standard InChI is InChI=1S/C33H28F2N2O5S2/c1-42-32-17-14-27(43(38,39)36-30-15-12-25(20-28(30)34)18-23-8-4-2-5-9-23)22-33(32)44(40,41)37-31-16-13-26(21-29(31)35)19-24-10-6-3-7-11-24/h2-17,20-22,36-37H,18-19H2,1H3. The van der Waals surface area contributed by atoms with Crippen LogP contribution >= 0.6 is 0 Å². The summed E-state index contributed by atoms with van der Waals surface area (Å²) in [6, 6.07) is 30.2. The van der Waals surface area contributed by atoms with Crippen molar-refractivity contribution in [2.45, 2.75) is 22.6 Å². The average molecular weight is 635 g/mol. The van der Waals surface area contributed by atoms with Gasteiger partial charge in [0.25, 0.3) is 20.0 Å². The number of anilines is 2. The van der Waals surface area contributed by atoms with E-state index < -0.39 is 41.5 Å². The highest BCUT2D eigenvalue weighted by Crippen LogP contribution is 2.31. The van der Waals surface area contributed by atoms with Crippen molar-refractivity contribution < 1.29 is 30.4 Å². The van der Waals surface area contributed by atoms with E-state index in [1.807, 2.05) is 60.7 Å². The number of ether oxygens (including phenoxy) is 1. The van der Waals surface area contributed by atoms with Gasteiger partial charge < -0.3 is 4.74 Å². The van der Waals surface area contributed by atoms with Crippen LogP contribution in [0.5, 0.6) is 5.75 Å². The molecule has 0 aromatic heterocycles. The van der Waals surface area contributed by atoms with Crippen LogP contribution in [0.1, 0.15) is 22.3 Å². The van der Waals surface area contributed by atoms with Gasteiger partial charge in [0.15, 0.2) is 0 Å². The maximum Gasteiger partial charge on any atom is 0.265 e. The van der Waals surface area contributed by atoms with Crippen molar-refractivity contribution in [2.24, 2.45) is 0 Å². The Labute approximate surface area is 255 Å². The summed E-state index contributed by atoms with van der Waals surface area (Å²) in [5, 5.41) is 0. The summed E-state index contributed by atoms with van der Waals surface area (Å²) in [7, 11) is -7.76. The lowest BCUT2D eigenvalue weighted by Gasteiger charge is -2.15. The molecule has 0 amide bonds. The van der Waals surface area contributed by atoms with E-state index in [-0.39, 0.29) is 17.1 Å². The van der Waals surface area contributed by atoms with Crippen LogP contribution in [0.3, 0.4) is 0 Å². The van der Waals surface area contributed by atoms with Gasteiger partial charge in [0.05, 0.1) is 23.4 Å². The Kier molecular flexibility index (Phi) is 8.98. The highest BCUT2D eigenvalue weighted by molar-refractivity contribution is 7.93. The molecule has 5 aromatic carbocycles. The molecule has 0 bridgehead atoms. The summed E-state index contributed by atoms with van der Waals surface area (Å²) < 4.78 is 92.6. The van der Waals surface area contributed by atoms with Crippen molar-refractivity contribution in [1.82, 2.24) is 0 Å². The molecule has 0 aliphatic rings. The fourth-order valence-electron chi connectivity index (χ4n) is 4.60. The molecule has 2 N–H and O–H groups in total. The molecule has 5 rings (SSSR count). The van der Waals surface area contributed by atoms with Crippen LogP contribution in [-0.2, 0) is 32.9 Å². The third-order valence-electron chi connectivity index (χ3n) is 6.79. The van der Waals surface area contributed by atoms with Gasteiger partial charge in [-0.3, -0.25) is 9.44 Å². The molecule has 0 aliphatic carbocycles. The molecule has 0 fully saturated rings. The number of benzene rings is 5. The van der Waals surface area contributed by atoms with Gasteiger partial charge in [-0.1, -0.05) is 72.8 Å². The SMILES string of the molecule is COc1ccc(S(=O)(=O)Nc2ccc(Cc3ccccc3)cc2F)cc1S(=O)(=O)Nc1ccc(Cc2ccccc2)cc1F. The van der Waals surface area contributed by atoms with Gasteiger partial charge in [-0.25, -0.2) is 25.6 Å². The van der Waals surface area contributed by atoms with Gasteiger partial charge in [0, 0.05) is 0 Å². The van der Waals surface area contributed by atoms with E-state index in [1.54, 1.807) is 12.1 Å². The van der Waals surface area contributed by atoms with Gasteiger partial charge in [0.1, 0.15) is 22.3 Å². The van der Waals surface area contributed by atoms with Crippen LogP contribution in [0.15, 0.2) is 125 Å². The zero-order valence-corrected chi connectivity index (χ0v) is 25.1. The van der Waals surface area contributed by atoms with Gasteiger partial charge in [0.2, 0.25) is 0 Å². The van der Waals surface area contributed by atoms with E-state index in [2.05, 4.69) is 9.44 Å². The normalized spacial score (nSPS) is 11.6. The molecule has 11 heteroatoms. The molecule has 7 nitrogen and oxygen atoms in total. The summed E-state index contributed by atoms with van der Waals surface area (Å²) >= 11 is 0. The van der Waals surface area contributed by atoms with Crippen molar-refractivity contribution >= 4 is 31.4 Å². The number of methoxy groups -OCH3 is 1. The summed E-state index contributed by atoms with van der Waals surface area (Å²) in [6.07, 6.45) is 0.899. The second-order valence-corrected chi connectivity index (χ2v) is 13.3. The number of hydrogen-bond donors (Lipinski definition) is 2. The lowest BCUT2D eigenvalue weighted by Crippen LogP contribution is -2.18. The first-order valence-electron chi connectivity index (χ1n) is 13.4.